The van der Waals surface area contributed by atoms with Gasteiger partial charge in [0.25, 0.3) is 0 Å². The van der Waals surface area contributed by atoms with Gasteiger partial charge in [-0.3, -0.25) is 4.79 Å². The molecule has 6 nitrogen and oxygen atoms in total. The van der Waals surface area contributed by atoms with Gasteiger partial charge in [0.15, 0.2) is 0 Å². The van der Waals surface area contributed by atoms with E-state index in [0.29, 0.717) is 63.3 Å². The molecule has 0 saturated carbocycles. The molecule has 4 rings (SSSR count). The molecule has 0 bridgehead atoms. The molecule has 0 atom stereocenters. The van der Waals surface area contributed by atoms with Crippen molar-refractivity contribution in [3.8, 4) is 11.5 Å². The van der Waals surface area contributed by atoms with E-state index in [-0.39, 0.29) is 17.6 Å². The average Bonchev–Trinajstić information content (AvgIpc) is 2.77. The smallest absolute Gasteiger partial charge is 0.419 e. The molecule has 0 aromatic heterocycles. The van der Waals surface area contributed by atoms with Crippen molar-refractivity contribution >= 4 is 11.9 Å². The molecule has 1 saturated heterocycles. The molecule has 2 N–H and O–H groups in total. The number of rotatable bonds is 3. The molecule has 0 aliphatic carbocycles. The van der Waals surface area contributed by atoms with Crippen molar-refractivity contribution in [3.63, 3.8) is 0 Å². The predicted molar refractivity (Wildman–Crippen MR) is 111 cm³/mol. The molecular weight excluding hydrogens is 442 g/mol. The van der Waals surface area contributed by atoms with Crippen LogP contribution in [0.2, 0.25) is 0 Å². The number of primary amides is 1. The van der Waals surface area contributed by atoms with Crippen LogP contribution in [0.3, 0.4) is 0 Å². The number of carbonyl (C=O) groups excluding carboxylic acids is 2. The van der Waals surface area contributed by atoms with Crippen molar-refractivity contribution in [2.45, 2.75) is 32.0 Å². The molecule has 176 valence electrons. The van der Waals surface area contributed by atoms with Crippen LogP contribution in [0.5, 0.6) is 11.5 Å². The number of nitrogens with two attached hydrogens (primary N) is 1. The summed E-state index contributed by atoms with van der Waals surface area (Å²) in [7, 11) is 0. The van der Waals surface area contributed by atoms with Gasteiger partial charge in [-0.1, -0.05) is 6.07 Å². The van der Waals surface area contributed by atoms with Gasteiger partial charge in [-0.25, -0.2) is 9.18 Å². The second-order valence-corrected chi connectivity index (χ2v) is 8.28. The Hall–Kier alpha value is -3.30. The van der Waals surface area contributed by atoms with Crippen LogP contribution < -0.4 is 10.5 Å². The molecule has 3 amide bonds. The number of likely N-dealkylation sites (tertiary alicyclic amines) is 1. The molecule has 2 aromatic carbocycles. The molecule has 10 heteroatoms. The van der Waals surface area contributed by atoms with Gasteiger partial charge in [-0.05, 0) is 54.7 Å². The number of halogens is 4. The molecular formula is C23H23F4N3O3. The van der Waals surface area contributed by atoms with E-state index in [9.17, 15) is 27.2 Å². The van der Waals surface area contributed by atoms with E-state index in [1.165, 1.54) is 4.90 Å². The van der Waals surface area contributed by atoms with E-state index in [2.05, 4.69) is 0 Å². The van der Waals surface area contributed by atoms with Crippen LogP contribution >= 0.6 is 0 Å². The van der Waals surface area contributed by atoms with Crippen molar-refractivity contribution in [3.05, 3.63) is 58.9 Å². The predicted octanol–water partition coefficient (Wildman–Crippen LogP) is 4.31. The number of carbonyl (C=O) groups is 2. The maximum Gasteiger partial charge on any atom is 0.419 e. The molecule has 0 unspecified atom stereocenters. The third-order valence-corrected chi connectivity index (χ3v) is 6.14. The Morgan fingerprint density at radius 2 is 1.61 bits per heavy atom. The van der Waals surface area contributed by atoms with E-state index in [0.717, 1.165) is 17.2 Å². The topological polar surface area (TPSA) is 75.9 Å². The Bertz CT molecular complexity index is 1070. The fourth-order valence-corrected chi connectivity index (χ4v) is 4.32. The number of alkyl halides is 3. The summed E-state index contributed by atoms with van der Waals surface area (Å²) in [5.41, 5.74) is 5.87. The summed E-state index contributed by atoms with van der Waals surface area (Å²) in [4.78, 5) is 27.6. The average molecular weight is 465 g/mol. The summed E-state index contributed by atoms with van der Waals surface area (Å²) in [5, 5.41) is 0. The number of ether oxygens (including phenoxy) is 1. The lowest BCUT2D eigenvalue weighted by Gasteiger charge is -2.35. The number of urea groups is 1. The Morgan fingerprint density at radius 3 is 2.24 bits per heavy atom. The number of benzene rings is 2. The fourth-order valence-electron chi connectivity index (χ4n) is 4.32. The Morgan fingerprint density at radius 1 is 0.939 bits per heavy atom. The monoisotopic (exact) mass is 465 g/mol. The largest absolute Gasteiger partial charge is 0.457 e. The second-order valence-electron chi connectivity index (χ2n) is 8.28. The first kappa shape index (κ1) is 22.9. The van der Waals surface area contributed by atoms with Gasteiger partial charge in [-0.2, -0.15) is 13.2 Å². The van der Waals surface area contributed by atoms with Gasteiger partial charge >= 0.3 is 12.2 Å². The Balaban J connectivity index is 1.43. The zero-order valence-electron chi connectivity index (χ0n) is 17.7. The molecule has 0 spiro atoms. The lowest BCUT2D eigenvalue weighted by molar-refractivity contribution is -0.140. The van der Waals surface area contributed by atoms with Crippen LogP contribution in [-0.4, -0.2) is 41.4 Å². The molecule has 2 aliphatic heterocycles. The number of nitrogens with zero attached hydrogens (tertiary/aromatic N) is 2. The first-order valence-electron chi connectivity index (χ1n) is 10.6. The number of fused-ring (bicyclic) bond motifs is 1. The van der Waals surface area contributed by atoms with Crippen LogP contribution in [0.15, 0.2) is 36.4 Å². The standard InChI is InChI=1S/C23H23F4N3O3/c24-20-12-18(3-4-19(20)23(25,26)27)33-17-2-1-14-5-10-30(13-16(14)11-17)21(31)15-6-8-29(9-7-15)22(28)32/h1-4,11-12,15H,5-10,13H2,(H2,28,32). The molecule has 1 fully saturated rings. The highest BCUT2D eigenvalue weighted by Crippen LogP contribution is 2.34. The highest BCUT2D eigenvalue weighted by molar-refractivity contribution is 5.80. The summed E-state index contributed by atoms with van der Waals surface area (Å²) in [6.07, 6.45) is -2.99. The van der Waals surface area contributed by atoms with Crippen molar-refractivity contribution in [2.75, 3.05) is 19.6 Å². The Labute approximate surface area is 187 Å². The lowest BCUT2D eigenvalue weighted by Crippen LogP contribution is -2.46. The first-order chi connectivity index (χ1) is 15.6. The summed E-state index contributed by atoms with van der Waals surface area (Å²) in [5.74, 6) is -1.25. The fraction of sp³-hybridized carbons (Fsp3) is 0.391. The minimum Gasteiger partial charge on any atom is -0.457 e. The number of hydrogen-bond donors (Lipinski definition) is 1. The zero-order chi connectivity index (χ0) is 23.8. The lowest BCUT2D eigenvalue weighted by atomic mass is 9.93. The number of piperidine rings is 1. The van der Waals surface area contributed by atoms with Crippen molar-refractivity contribution < 1.29 is 31.9 Å². The summed E-state index contributed by atoms with van der Waals surface area (Å²) in [6, 6.07) is 7.18. The number of amides is 3. The minimum absolute atomic E-state index is 0.0286. The third-order valence-electron chi connectivity index (χ3n) is 6.14. The van der Waals surface area contributed by atoms with E-state index in [1.54, 1.807) is 17.0 Å². The van der Waals surface area contributed by atoms with Crippen LogP contribution in [0, 0.1) is 11.7 Å². The van der Waals surface area contributed by atoms with Crippen LogP contribution in [-0.2, 0) is 23.9 Å². The van der Waals surface area contributed by atoms with Crippen LogP contribution in [0.25, 0.3) is 0 Å². The maximum absolute atomic E-state index is 13.8. The first-order valence-corrected chi connectivity index (χ1v) is 10.6. The zero-order valence-corrected chi connectivity index (χ0v) is 17.7. The third kappa shape index (κ3) is 5.04. The Kier molecular flexibility index (Phi) is 6.18. The van der Waals surface area contributed by atoms with Crippen LogP contribution in [0.4, 0.5) is 22.4 Å². The van der Waals surface area contributed by atoms with E-state index < -0.39 is 23.6 Å². The van der Waals surface area contributed by atoms with E-state index >= 15 is 0 Å². The summed E-state index contributed by atoms with van der Waals surface area (Å²) in [6.45, 7) is 1.87. The second kappa shape index (κ2) is 8.92. The molecule has 33 heavy (non-hydrogen) atoms. The van der Waals surface area contributed by atoms with E-state index in [4.69, 9.17) is 10.5 Å². The normalized spacial score (nSPS) is 17.0. The van der Waals surface area contributed by atoms with Crippen molar-refractivity contribution in [1.82, 2.24) is 9.80 Å². The summed E-state index contributed by atoms with van der Waals surface area (Å²) < 4.78 is 57.7. The van der Waals surface area contributed by atoms with Crippen molar-refractivity contribution in [1.29, 1.82) is 0 Å². The van der Waals surface area contributed by atoms with Crippen molar-refractivity contribution in [2.24, 2.45) is 11.7 Å². The highest BCUT2D eigenvalue weighted by Gasteiger charge is 2.34. The quantitative estimate of drug-likeness (QED) is 0.687. The van der Waals surface area contributed by atoms with Gasteiger partial charge in [0, 0.05) is 38.2 Å². The summed E-state index contributed by atoms with van der Waals surface area (Å²) >= 11 is 0. The van der Waals surface area contributed by atoms with Gasteiger partial charge in [0.2, 0.25) is 5.91 Å². The van der Waals surface area contributed by atoms with Gasteiger partial charge in [0.1, 0.15) is 17.3 Å². The SMILES string of the molecule is NC(=O)N1CCC(C(=O)N2CCc3ccc(Oc4ccc(C(F)(F)F)c(F)c4)cc3C2)CC1. The maximum atomic E-state index is 13.8. The highest BCUT2D eigenvalue weighted by atomic mass is 19.4. The molecule has 2 aromatic rings. The van der Waals surface area contributed by atoms with Gasteiger partial charge in [-0.15, -0.1) is 0 Å². The van der Waals surface area contributed by atoms with Gasteiger partial charge in [0.05, 0.1) is 5.56 Å². The van der Waals surface area contributed by atoms with E-state index in [1.807, 2.05) is 6.07 Å². The molecule has 2 aliphatic rings. The van der Waals surface area contributed by atoms with Crippen LogP contribution in [0.1, 0.15) is 29.5 Å². The molecule has 2 heterocycles. The molecule has 0 radical (unpaired) electrons. The minimum atomic E-state index is -4.78. The number of hydrogen-bond acceptors (Lipinski definition) is 3. The van der Waals surface area contributed by atoms with Gasteiger partial charge < -0.3 is 20.3 Å².